The van der Waals surface area contributed by atoms with Crippen molar-refractivity contribution in [3.8, 4) is 0 Å². The summed E-state index contributed by atoms with van der Waals surface area (Å²) in [4.78, 5) is 4.28. The summed E-state index contributed by atoms with van der Waals surface area (Å²) in [7, 11) is 0. The zero-order chi connectivity index (χ0) is 15.6. The van der Waals surface area contributed by atoms with E-state index in [2.05, 4.69) is 44.3 Å². The van der Waals surface area contributed by atoms with Crippen LogP contribution in [0.5, 0.6) is 0 Å². The summed E-state index contributed by atoms with van der Waals surface area (Å²) in [5.74, 6) is 0. The number of benzene rings is 1. The van der Waals surface area contributed by atoms with Gasteiger partial charge in [0.15, 0.2) is 0 Å². The van der Waals surface area contributed by atoms with Gasteiger partial charge in [-0.05, 0) is 29.7 Å². The van der Waals surface area contributed by atoms with Gasteiger partial charge in [0.05, 0.1) is 36.9 Å². The van der Waals surface area contributed by atoms with E-state index in [9.17, 15) is 0 Å². The Morgan fingerprint density at radius 3 is 2.74 bits per heavy atom. The van der Waals surface area contributed by atoms with Crippen molar-refractivity contribution in [2.45, 2.75) is 13.1 Å². The lowest BCUT2D eigenvalue weighted by Crippen LogP contribution is -2.02. The topological polar surface area (TPSA) is 74.5 Å². The number of para-hydroxylation sites is 1. The van der Waals surface area contributed by atoms with Gasteiger partial charge in [-0.3, -0.25) is 4.98 Å². The third kappa shape index (κ3) is 2.78. The van der Waals surface area contributed by atoms with E-state index in [0.717, 1.165) is 11.4 Å². The van der Waals surface area contributed by atoms with Crippen LogP contribution >= 0.6 is 0 Å². The number of anilines is 1. The quantitative estimate of drug-likeness (QED) is 0.628. The second kappa shape index (κ2) is 5.57. The molecule has 4 rings (SSSR count). The van der Waals surface area contributed by atoms with Crippen molar-refractivity contribution < 1.29 is 0 Å². The van der Waals surface area contributed by atoms with Crippen LogP contribution in [0.1, 0.15) is 11.4 Å². The number of rotatable bonds is 4. The highest BCUT2D eigenvalue weighted by atomic mass is 15.4. The first-order valence-electron chi connectivity index (χ1n) is 7.41. The van der Waals surface area contributed by atoms with Crippen LogP contribution in [-0.2, 0) is 13.1 Å². The molecule has 0 spiro atoms. The fourth-order valence-corrected chi connectivity index (χ4v) is 2.64. The molecule has 4 aromatic rings. The zero-order valence-electron chi connectivity index (χ0n) is 12.5. The third-order valence-electron chi connectivity index (χ3n) is 3.77. The van der Waals surface area contributed by atoms with Gasteiger partial charge in [-0.25, -0.2) is 4.68 Å². The minimum atomic E-state index is 0.583. The van der Waals surface area contributed by atoms with Gasteiger partial charge in [0.25, 0.3) is 0 Å². The Kier molecular flexibility index (Phi) is 3.27. The number of pyridine rings is 1. The van der Waals surface area contributed by atoms with Gasteiger partial charge in [-0.2, -0.15) is 0 Å². The second-order valence-corrected chi connectivity index (χ2v) is 5.49. The van der Waals surface area contributed by atoms with Crippen LogP contribution in [0.3, 0.4) is 0 Å². The molecule has 0 saturated heterocycles. The molecule has 114 valence electrons. The smallest absolute Gasteiger partial charge is 0.102 e. The average Bonchev–Trinajstić information content (AvgIpc) is 3.18. The Bertz CT molecular complexity index is 935. The molecule has 3 heterocycles. The zero-order valence-corrected chi connectivity index (χ0v) is 12.5. The predicted octanol–water partition coefficient (Wildman–Crippen LogP) is 2.31. The lowest BCUT2D eigenvalue weighted by Gasteiger charge is -2.02. The van der Waals surface area contributed by atoms with Gasteiger partial charge in [0.2, 0.25) is 0 Å². The van der Waals surface area contributed by atoms with Crippen molar-refractivity contribution in [1.29, 1.82) is 0 Å². The number of nitrogens with zero attached hydrogens (tertiary/aromatic N) is 5. The maximum absolute atomic E-state index is 5.65. The summed E-state index contributed by atoms with van der Waals surface area (Å²) in [6.07, 6.45) is 5.68. The Balaban J connectivity index is 1.52. The predicted molar refractivity (Wildman–Crippen MR) is 88.8 cm³/mol. The van der Waals surface area contributed by atoms with Gasteiger partial charge in [0.1, 0.15) is 5.69 Å². The highest BCUT2D eigenvalue weighted by molar-refractivity contribution is 5.79. The van der Waals surface area contributed by atoms with Crippen LogP contribution in [0.4, 0.5) is 5.69 Å². The largest absolute Gasteiger partial charge is 0.397 e. The van der Waals surface area contributed by atoms with E-state index in [1.54, 1.807) is 10.9 Å². The lowest BCUT2D eigenvalue weighted by atomic mass is 10.2. The van der Waals surface area contributed by atoms with Crippen molar-refractivity contribution in [2.75, 3.05) is 5.73 Å². The van der Waals surface area contributed by atoms with Crippen molar-refractivity contribution in [1.82, 2.24) is 24.5 Å². The molecule has 0 aliphatic heterocycles. The van der Waals surface area contributed by atoms with Crippen LogP contribution in [-0.4, -0.2) is 24.5 Å². The maximum atomic E-state index is 5.65. The van der Waals surface area contributed by atoms with Gasteiger partial charge >= 0.3 is 0 Å². The highest BCUT2D eigenvalue weighted by Gasteiger charge is 2.06. The molecule has 6 heteroatoms. The maximum Gasteiger partial charge on any atom is 0.102 e. The van der Waals surface area contributed by atoms with Gasteiger partial charge < -0.3 is 10.3 Å². The molecule has 2 N–H and O–H groups in total. The molecular formula is C17H16N6. The van der Waals surface area contributed by atoms with Gasteiger partial charge in [0, 0.05) is 11.7 Å². The molecule has 3 aromatic heterocycles. The number of hydrogen-bond donors (Lipinski definition) is 1. The molecule has 1 aromatic carbocycles. The number of aromatic nitrogens is 5. The molecule has 0 fully saturated rings. The summed E-state index contributed by atoms with van der Waals surface area (Å²) in [6, 6.07) is 14.2. The van der Waals surface area contributed by atoms with E-state index in [4.69, 9.17) is 5.73 Å². The van der Waals surface area contributed by atoms with Gasteiger partial charge in [-0.15, -0.1) is 5.10 Å². The molecule has 0 aliphatic rings. The summed E-state index contributed by atoms with van der Waals surface area (Å²) >= 11 is 0. The molecule has 0 unspecified atom stereocenters. The fraction of sp³-hybridized carbons (Fsp3) is 0.118. The molecule has 23 heavy (non-hydrogen) atoms. The first-order valence-corrected chi connectivity index (χ1v) is 7.41. The molecule has 0 amide bonds. The second-order valence-electron chi connectivity index (χ2n) is 5.49. The number of nitrogens with two attached hydrogens (primary N) is 1. The Morgan fingerprint density at radius 2 is 1.87 bits per heavy atom. The molecule has 6 nitrogen and oxygen atoms in total. The number of nitrogen functional groups attached to an aromatic ring is 1. The van der Waals surface area contributed by atoms with E-state index >= 15 is 0 Å². The normalized spacial score (nSPS) is 11.1. The fourth-order valence-electron chi connectivity index (χ4n) is 2.64. The van der Waals surface area contributed by atoms with E-state index in [1.165, 1.54) is 10.9 Å². The number of fused-ring (bicyclic) bond motifs is 1. The van der Waals surface area contributed by atoms with Crippen LogP contribution in [0.25, 0.3) is 10.9 Å². The molecule has 0 bridgehead atoms. The van der Waals surface area contributed by atoms with Crippen molar-refractivity contribution in [2.24, 2.45) is 0 Å². The lowest BCUT2D eigenvalue weighted by molar-refractivity contribution is 0.638. The SMILES string of the molecule is Nc1ccc(Cn2cc(Cn3ccc4ccccc43)nn2)nc1. The summed E-state index contributed by atoms with van der Waals surface area (Å²) in [5.41, 5.74) is 9.32. The van der Waals surface area contributed by atoms with Crippen molar-refractivity contribution in [3.63, 3.8) is 0 Å². The summed E-state index contributed by atoms with van der Waals surface area (Å²) < 4.78 is 3.96. The van der Waals surface area contributed by atoms with Crippen LogP contribution in [0.15, 0.2) is 61.1 Å². The van der Waals surface area contributed by atoms with Crippen LogP contribution < -0.4 is 5.73 Å². The Morgan fingerprint density at radius 1 is 0.957 bits per heavy atom. The first-order chi connectivity index (χ1) is 11.3. The summed E-state index contributed by atoms with van der Waals surface area (Å²) in [6.45, 7) is 1.28. The van der Waals surface area contributed by atoms with Crippen LogP contribution in [0.2, 0.25) is 0 Å². The van der Waals surface area contributed by atoms with Gasteiger partial charge in [-0.1, -0.05) is 23.4 Å². The number of hydrogen-bond acceptors (Lipinski definition) is 4. The molecule has 0 radical (unpaired) electrons. The van der Waals surface area contributed by atoms with Crippen molar-refractivity contribution >= 4 is 16.6 Å². The Labute approximate surface area is 133 Å². The Hall–Kier alpha value is -3.15. The first kappa shape index (κ1) is 13.5. The van der Waals surface area contributed by atoms with E-state index < -0.39 is 0 Å². The minimum absolute atomic E-state index is 0.583. The molecular weight excluding hydrogens is 288 g/mol. The molecule has 0 saturated carbocycles. The van der Waals surface area contributed by atoms with Crippen molar-refractivity contribution in [3.05, 3.63) is 72.4 Å². The standard InChI is InChI=1S/C17H16N6/c18-14-5-6-15(19-9-14)11-23-12-16(20-21-23)10-22-8-7-13-3-1-2-4-17(13)22/h1-9,12H,10-11,18H2. The molecule has 0 atom stereocenters. The average molecular weight is 304 g/mol. The summed E-state index contributed by atoms with van der Waals surface area (Å²) in [5, 5.41) is 9.66. The van der Waals surface area contributed by atoms with E-state index in [-0.39, 0.29) is 0 Å². The van der Waals surface area contributed by atoms with E-state index in [1.807, 2.05) is 30.5 Å². The van der Waals surface area contributed by atoms with E-state index in [0.29, 0.717) is 18.8 Å². The minimum Gasteiger partial charge on any atom is -0.397 e. The third-order valence-corrected chi connectivity index (χ3v) is 3.77. The van der Waals surface area contributed by atoms with Crippen LogP contribution in [0, 0.1) is 0 Å². The molecule has 0 aliphatic carbocycles. The highest BCUT2D eigenvalue weighted by Crippen LogP contribution is 2.16. The monoisotopic (exact) mass is 304 g/mol.